The van der Waals surface area contributed by atoms with E-state index in [0.29, 0.717) is 0 Å². The molecule has 230 valence electrons. The number of benzene rings is 6. The molecule has 1 saturated carbocycles. The van der Waals surface area contributed by atoms with E-state index in [0.717, 1.165) is 33.9 Å². The smallest absolute Gasteiger partial charge is 0.160 e. The van der Waals surface area contributed by atoms with Crippen LogP contribution in [0.25, 0.3) is 67.3 Å². The minimum atomic E-state index is 0.0560. The van der Waals surface area contributed by atoms with Gasteiger partial charge in [0.15, 0.2) is 5.82 Å². The van der Waals surface area contributed by atoms with E-state index >= 15 is 0 Å². The molecule has 1 aromatic heterocycles. The number of nitrogens with zero attached hydrogens (tertiary/aromatic N) is 2. The lowest BCUT2D eigenvalue weighted by atomic mass is 9.66. The van der Waals surface area contributed by atoms with Crippen molar-refractivity contribution in [2.24, 2.45) is 0 Å². The van der Waals surface area contributed by atoms with Crippen LogP contribution in [0.5, 0.6) is 0 Å². The quantitative estimate of drug-likeness (QED) is 0.192. The van der Waals surface area contributed by atoms with Crippen molar-refractivity contribution in [3.8, 4) is 67.3 Å². The Morgan fingerprint density at radius 2 is 0.896 bits per heavy atom. The highest BCUT2D eigenvalue weighted by Crippen LogP contribution is 2.58. The summed E-state index contributed by atoms with van der Waals surface area (Å²) in [5, 5.41) is 0. The Bertz CT molecular complexity index is 2250. The molecule has 0 aliphatic heterocycles. The van der Waals surface area contributed by atoms with Crippen LogP contribution in [0.2, 0.25) is 0 Å². The van der Waals surface area contributed by atoms with Crippen molar-refractivity contribution in [3.63, 3.8) is 0 Å². The monoisotopic (exact) mass is 616 g/mol. The van der Waals surface area contributed by atoms with Crippen LogP contribution in [0.1, 0.15) is 43.2 Å². The first-order valence-electron chi connectivity index (χ1n) is 17.2. The van der Waals surface area contributed by atoms with E-state index in [1.807, 2.05) is 6.07 Å². The van der Waals surface area contributed by atoms with Crippen molar-refractivity contribution < 1.29 is 0 Å². The number of fused-ring (bicyclic) bond motifs is 5. The fourth-order valence-corrected chi connectivity index (χ4v) is 8.32. The summed E-state index contributed by atoms with van der Waals surface area (Å²) in [4.78, 5) is 10.4. The molecule has 1 fully saturated rings. The highest BCUT2D eigenvalue weighted by Gasteiger charge is 2.45. The molecular formula is C46H36N2. The molecule has 0 atom stereocenters. The van der Waals surface area contributed by atoms with Crippen LogP contribution in [0.4, 0.5) is 0 Å². The summed E-state index contributed by atoms with van der Waals surface area (Å²) in [7, 11) is 0. The SMILES string of the molecule is c1ccc(-c2ccc(-c3cc(-c4ccccc4-c4cccc5c4C4(CCCCC4)c4ccccc4-5)nc(-c4ccccc4)n3)cc2)cc1. The zero-order chi connectivity index (χ0) is 31.9. The Labute approximate surface area is 282 Å². The Balaban J connectivity index is 1.22. The third-order valence-electron chi connectivity index (χ3n) is 10.5. The summed E-state index contributed by atoms with van der Waals surface area (Å²) in [6.45, 7) is 0. The number of aromatic nitrogens is 2. The summed E-state index contributed by atoms with van der Waals surface area (Å²) in [5.41, 5.74) is 15.9. The van der Waals surface area contributed by atoms with Crippen LogP contribution in [-0.4, -0.2) is 9.97 Å². The number of hydrogen-bond donors (Lipinski definition) is 0. The van der Waals surface area contributed by atoms with Crippen LogP contribution >= 0.6 is 0 Å². The summed E-state index contributed by atoms with van der Waals surface area (Å²) < 4.78 is 0. The largest absolute Gasteiger partial charge is 0.228 e. The van der Waals surface area contributed by atoms with Crippen molar-refractivity contribution in [2.45, 2.75) is 37.5 Å². The minimum absolute atomic E-state index is 0.0560. The Morgan fingerprint density at radius 3 is 1.62 bits per heavy atom. The highest BCUT2D eigenvalue weighted by molar-refractivity contribution is 5.93. The average Bonchev–Trinajstić information content (AvgIpc) is 3.44. The fourth-order valence-electron chi connectivity index (χ4n) is 8.32. The lowest BCUT2D eigenvalue weighted by Crippen LogP contribution is -2.28. The number of hydrogen-bond acceptors (Lipinski definition) is 2. The van der Waals surface area contributed by atoms with E-state index in [1.165, 1.54) is 76.6 Å². The maximum absolute atomic E-state index is 5.28. The van der Waals surface area contributed by atoms with E-state index in [1.54, 1.807) is 0 Å². The normalized spacial score (nSPS) is 14.4. The standard InChI is InChI=1S/C46H36N2/c1-4-15-32(16-5-1)33-25-27-34(28-26-33)42-31-43(48-45(47-42)35-17-6-2-7-18-35)38-21-9-8-19-36(38)39-22-14-23-40-37-20-10-11-24-41(37)46(44(39)40)29-12-3-13-30-46/h1-2,4-11,14-28,31H,3,12-13,29-30H2. The lowest BCUT2D eigenvalue weighted by Gasteiger charge is -2.37. The van der Waals surface area contributed by atoms with E-state index in [-0.39, 0.29) is 5.41 Å². The van der Waals surface area contributed by atoms with Gasteiger partial charge in [-0.25, -0.2) is 9.97 Å². The molecule has 0 bridgehead atoms. The molecule has 0 unspecified atom stereocenters. The second-order valence-corrected chi connectivity index (χ2v) is 13.2. The topological polar surface area (TPSA) is 25.8 Å². The number of rotatable bonds is 5. The third kappa shape index (κ3) is 4.79. The van der Waals surface area contributed by atoms with Gasteiger partial charge in [0.2, 0.25) is 0 Å². The van der Waals surface area contributed by atoms with Gasteiger partial charge in [0.05, 0.1) is 11.4 Å². The molecule has 2 nitrogen and oxygen atoms in total. The third-order valence-corrected chi connectivity index (χ3v) is 10.5. The van der Waals surface area contributed by atoms with E-state index < -0.39 is 0 Å². The second kappa shape index (κ2) is 11.9. The van der Waals surface area contributed by atoms with Gasteiger partial charge >= 0.3 is 0 Å². The zero-order valence-corrected chi connectivity index (χ0v) is 26.9. The van der Waals surface area contributed by atoms with Gasteiger partial charge in [-0.3, -0.25) is 0 Å². The van der Waals surface area contributed by atoms with E-state index in [4.69, 9.17) is 9.97 Å². The maximum Gasteiger partial charge on any atom is 0.160 e. The van der Waals surface area contributed by atoms with Gasteiger partial charge in [-0.15, -0.1) is 0 Å². The summed E-state index contributed by atoms with van der Waals surface area (Å²) in [6.07, 6.45) is 6.25. The van der Waals surface area contributed by atoms with E-state index in [9.17, 15) is 0 Å². The summed E-state index contributed by atoms with van der Waals surface area (Å²) in [5.74, 6) is 0.736. The van der Waals surface area contributed by atoms with Gasteiger partial charge in [-0.2, -0.15) is 0 Å². The Hall–Kier alpha value is -5.60. The van der Waals surface area contributed by atoms with Gasteiger partial charge in [-0.1, -0.05) is 171 Å². The molecule has 2 aliphatic rings. The summed E-state index contributed by atoms with van der Waals surface area (Å²) >= 11 is 0. The van der Waals surface area contributed by atoms with Crippen LogP contribution < -0.4 is 0 Å². The van der Waals surface area contributed by atoms with Crippen molar-refractivity contribution in [3.05, 3.63) is 169 Å². The molecular weight excluding hydrogens is 581 g/mol. The molecule has 2 aliphatic carbocycles. The molecule has 7 aromatic rings. The molecule has 0 saturated heterocycles. The van der Waals surface area contributed by atoms with Crippen molar-refractivity contribution in [1.82, 2.24) is 9.97 Å². The molecule has 1 spiro atoms. The molecule has 0 N–H and O–H groups in total. The van der Waals surface area contributed by atoms with Gasteiger partial charge in [-0.05, 0) is 63.4 Å². The van der Waals surface area contributed by atoms with Crippen LogP contribution in [0.3, 0.4) is 0 Å². The van der Waals surface area contributed by atoms with Gasteiger partial charge in [0.25, 0.3) is 0 Å². The average molecular weight is 617 g/mol. The maximum atomic E-state index is 5.28. The first-order valence-corrected chi connectivity index (χ1v) is 17.2. The first kappa shape index (κ1) is 28.6. The van der Waals surface area contributed by atoms with Crippen LogP contribution in [0, 0.1) is 0 Å². The second-order valence-electron chi connectivity index (χ2n) is 13.2. The predicted molar refractivity (Wildman–Crippen MR) is 199 cm³/mol. The highest BCUT2D eigenvalue weighted by atomic mass is 14.9. The van der Waals surface area contributed by atoms with Crippen LogP contribution in [0.15, 0.2) is 158 Å². The van der Waals surface area contributed by atoms with Crippen LogP contribution in [-0.2, 0) is 5.41 Å². The molecule has 48 heavy (non-hydrogen) atoms. The van der Waals surface area contributed by atoms with Crippen molar-refractivity contribution in [1.29, 1.82) is 0 Å². The Kier molecular flexibility index (Phi) is 7.08. The van der Waals surface area contributed by atoms with Gasteiger partial charge < -0.3 is 0 Å². The molecule has 1 heterocycles. The predicted octanol–water partition coefficient (Wildman–Crippen LogP) is 12.0. The van der Waals surface area contributed by atoms with Crippen molar-refractivity contribution in [2.75, 3.05) is 0 Å². The fraction of sp³-hybridized carbons (Fsp3) is 0.130. The molecule has 6 aromatic carbocycles. The molecule has 9 rings (SSSR count). The molecule has 0 amide bonds. The Morgan fingerprint density at radius 1 is 0.375 bits per heavy atom. The zero-order valence-electron chi connectivity index (χ0n) is 26.9. The lowest BCUT2D eigenvalue weighted by molar-refractivity contribution is 0.353. The molecule has 2 heteroatoms. The van der Waals surface area contributed by atoms with Crippen molar-refractivity contribution >= 4 is 0 Å². The first-order chi connectivity index (χ1) is 23.8. The van der Waals surface area contributed by atoms with Gasteiger partial charge in [0.1, 0.15) is 0 Å². The minimum Gasteiger partial charge on any atom is -0.228 e. The van der Waals surface area contributed by atoms with E-state index in [2.05, 4.69) is 152 Å². The molecule has 0 radical (unpaired) electrons. The summed E-state index contributed by atoms with van der Waals surface area (Å²) in [6, 6.07) is 56.8. The van der Waals surface area contributed by atoms with Gasteiger partial charge in [0, 0.05) is 22.1 Å².